The first kappa shape index (κ1) is 22.9. The molecule has 0 spiro atoms. The molecule has 2 saturated heterocycles. The number of amides is 1. The Morgan fingerprint density at radius 1 is 1.27 bits per heavy atom. The Morgan fingerprint density at radius 2 is 1.87 bits per heavy atom. The number of carbonyl (C=O) groups is 1. The van der Waals surface area contributed by atoms with E-state index >= 15 is 4.39 Å². The molecule has 2 N–H and O–H groups in total. The van der Waals surface area contributed by atoms with E-state index in [9.17, 15) is 9.90 Å². The summed E-state index contributed by atoms with van der Waals surface area (Å²) in [6.45, 7) is 11.4. The molecule has 3 unspecified atom stereocenters. The highest BCUT2D eigenvalue weighted by molar-refractivity contribution is 5.95. The number of carbonyl (C=O) groups excluding carboxylic acids is 1. The standard InChI is InChI=1S/C22H33FN2O5/c1-13(10-26)24-20(27)16-6-17(21-28-11-22(4,5)12-29-21)19(18(23)7-16)25-8-14(2)30-15(3)9-25/h6-7,13-15,21,26H,8-12H2,1-5H3,(H,24,27). The minimum atomic E-state index is -0.765. The average Bonchev–Trinajstić information content (AvgIpc) is 2.66. The highest BCUT2D eigenvalue weighted by Gasteiger charge is 2.34. The summed E-state index contributed by atoms with van der Waals surface area (Å²) in [4.78, 5) is 14.5. The lowest BCUT2D eigenvalue weighted by atomic mass is 9.95. The van der Waals surface area contributed by atoms with E-state index in [0.29, 0.717) is 37.6 Å². The van der Waals surface area contributed by atoms with Gasteiger partial charge in [-0.1, -0.05) is 13.8 Å². The predicted molar refractivity (Wildman–Crippen MR) is 111 cm³/mol. The van der Waals surface area contributed by atoms with Crippen molar-refractivity contribution >= 4 is 11.6 Å². The van der Waals surface area contributed by atoms with Crippen molar-refractivity contribution < 1.29 is 28.5 Å². The van der Waals surface area contributed by atoms with Gasteiger partial charge in [-0.05, 0) is 32.9 Å². The van der Waals surface area contributed by atoms with Gasteiger partial charge in [-0.15, -0.1) is 0 Å². The number of hydrogen-bond acceptors (Lipinski definition) is 6. The first-order chi connectivity index (χ1) is 14.1. The molecule has 2 aliphatic heterocycles. The molecule has 30 heavy (non-hydrogen) atoms. The van der Waals surface area contributed by atoms with Crippen molar-refractivity contribution in [1.29, 1.82) is 0 Å². The van der Waals surface area contributed by atoms with Crippen molar-refractivity contribution in [3.63, 3.8) is 0 Å². The van der Waals surface area contributed by atoms with Gasteiger partial charge in [0.2, 0.25) is 0 Å². The lowest BCUT2D eigenvalue weighted by Crippen LogP contribution is -2.46. The van der Waals surface area contributed by atoms with Gasteiger partial charge in [-0.3, -0.25) is 4.79 Å². The lowest BCUT2D eigenvalue weighted by molar-refractivity contribution is -0.226. The van der Waals surface area contributed by atoms with E-state index in [0.717, 1.165) is 0 Å². The van der Waals surface area contributed by atoms with Crippen LogP contribution in [0.5, 0.6) is 0 Å². The van der Waals surface area contributed by atoms with Crippen LogP contribution in [0.3, 0.4) is 0 Å². The Kier molecular flexibility index (Phi) is 7.02. The number of aliphatic hydroxyl groups is 1. The maximum Gasteiger partial charge on any atom is 0.251 e. The Morgan fingerprint density at radius 3 is 2.43 bits per heavy atom. The van der Waals surface area contributed by atoms with E-state index in [4.69, 9.17) is 14.2 Å². The van der Waals surface area contributed by atoms with Crippen LogP contribution in [-0.2, 0) is 14.2 Å². The fourth-order valence-corrected chi connectivity index (χ4v) is 3.85. The summed E-state index contributed by atoms with van der Waals surface area (Å²) in [5.74, 6) is -0.962. The van der Waals surface area contributed by atoms with Crippen molar-refractivity contribution in [3.05, 3.63) is 29.1 Å². The van der Waals surface area contributed by atoms with Crippen molar-refractivity contribution in [2.24, 2.45) is 5.41 Å². The third-order valence-corrected chi connectivity index (χ3v) is 5.25. The number of morpholine rings is 1. The molecule has 1 aromatic rings. The van der Waals surface area contributed by atoms with Crippen molar-refractivity contribution in [3.8, 4) is 0 Å². The Hall–Kier alpha value is -1.74. The normalized spacial score (nSPS) is 25.8. The maximum absolute atomic E-state index is 15.4. The van der Waals surface area contributed by atoms with Crippen molar-refractivity contribution in [2.45, 2.75) is 59.2 Å². The molecule has 3 rings (SSSR count). The fraction of sp³-hybridized carbons (Fsp3) is 0.682. The molecule has 3 atom stereocenters. The molecule has 0 bridgehead atoms. The number of halogens is 1. The molecule has 1 aromatic carbocycles. The zero-order valence-electron chi connectivity index (χ0n) is 18.4. The van der Waals surface area contributed by atoms with Gasteiger partial charge < -0.3 is 29.5 Å². The van der Waals surface area contributed by atoms with Gasteiger partial charge in [0.15, 0.2) is 6.29 Å². The zero-order valence-corrected chi connectivity index (χ0v) is 18.4. The van der Waals surface area contributed by atoms with Gasteiger partial charge in [0.25, 0.3) is 5.91 Å². The van der Waals surface area contributed by atoms with E-state index in [1.165, 1.54) is 6.07 Å². The summed E-state index contributed by atoms with van der Waals surface area (Å²) < 4.78 is 33.1. The summed E-state index contributed by atoms with van der Waals surface area (Å²) >= 11 is 0. The quantitative estimate of drug-likeness (QED) is 0.757. The number of benzene rings is 1. The van der Waals surface area contributed by atoms with E-state index in [1.807, 2.05) is 32.6 Å². The van der Waals surface area contributed by atoms with Gasteiger partial charge in [0.1, 0.15) is 5.82 Å². The summed E-state index contributed by atoms with van der Waals surface area (Å²) in [5.41, 5.74) is 0.906. The zero-order chi connectivity index (χ0) is 22.1. The van der Waals surface area contributed by atoms with Crippen LogP contribution in [0.2, 0.25) is 0 Å². The second-order valence-electron chi connectivity index (χ2n) is 9.23. The van der Waals surface area contributed by atoms with Crippen molar-refractivity contribution in [1.82, 2.24) is 5.32 Å². The monoisotopic (exact) mass is 424 g/mol. The molecule has 1 amide bonds. The molecule has 0 aromatic heterocycles. The Bertz CT molecular complexity index is 752. The van der Waals surface area contributed by atoms with Crippen LogP contribution in [0.1, 0.15) is 56.8 Å². The van der Waals surface area contributed by atoms with Gasteiger partial charge in [-0.25, -0.2) is 4.39 Å². The maximum atomic E-state index is 15.4. The molecule has 168 valence electrons. The van der Waals surface area contributed by atoms with E-state index in [1.54, 1.807) is 13.0 Å². The van der Waals surface area contributed by atoms with E-state index < -0.39 is 24.1 Å². The van der Waals surface area contributed by atoms with Gasteiger partial charge in [0.05, 0.1) is 37.7 Å². The van der Waals surface area contributed by atoms with Crippen molar-refractivity contribution in [2.75, 3.05) is 37.8 Å². The van der Waals surface area contributed by atoms with Crippen LogP contribution in [0.15, 0.2) is 12.1 Å². The molecule has 2 aliphatic rings. The Labute approximate surface area is 177 Å². The minimum absolute atomic E-state index is 0.0542. The number of nitrogens with zero attached hydrogens (tertiary/aromatic N) is 1. The molecule has 0 radical (unpaired) electrons. The summed E-state index contributed by atoms with van der Waals surface area (Å²) in [6.07, 6.45) is -0.873. The van der Waals surface area contributed by atoms with Gasteiger partial charge in [0, 0.05) is 35.7 Å². The van der Waals surface area contributed by atoms with Gasteiger partial charge >= 0.3 is 0 Å². The third kappa shape index (κ3) is 5.29. The third-order valence-electron chi connectivity index (χ3n) is 5.25. The molecule has 2 fully saturated rings. The average molecular weight is 425 g/mol. The molecule has 8 heteroatoms. The smallest absolute Gasteiger partial charge is 0.251 e. The molecule has 7 nitrogen and oxygen atoms in total. The second kappa shape index (κ2) is 9.18. The molecular formula is C22H33FN2O5. The number of nitrogens with one attached hydrogen (secondary N) is 1. The summed E-state index contributed by atoms with van der Waals surface area (Å²) in [6, 6.07) is 2.43. The highest BCUT2D eigenvalue weighted by Crippen LogP contribution is 2.38. The number of aliphatic hydroxyl groups excluding tert-OH is 1. The van der Waals surface area contributed by atoms with Crippen LogP contribution in [-0.4, -0.2) is 62.2 Å². The molecule has 2 heterocycles. The highest BCUT2D eigenvalue weighted by atomic mass is 19.1. The predicted octanol–water partition coefficient (Wildman–Crippen LogP) is 2.62. The first-order valence-corrected chi connectivity index (χ1v) is 10.5. The number of anilines is 1. The Balaban J connectivity index is 1.99. The second-order valence-corrected chi connectivity index (χ2v) is 9.23. The fourth-order valence-electron chi connectivity index (χ4n) is 3.85. The largest absolute Gasteiger partial charge is 0.394 e. The topological polar surface area (TPSA) is 80.3 Å². The minimum Gasteiger partial charge on any atom is -0.394 e. The summed E-state index contributed by atoms with van der Waals surface area (Å²) in [5, 5.41) is 11.9. The number of hydrogen-bond donors (Lipinski definition) is 2. The lowest BCUT2D eigenvalue weighted by Gasteiger charge is -2.40. The molecule has 0 aliphatic carbocycles. The van der Waals surface area contributed by atoms with Gasteiger partial charge in [-0.2, -0.15) is 0 Å². The van der Waals surface area contributed by atoms with Crippen LogP contribution in [0.4, 0.5) is 10.1 Å². The van der Waals surface area contributed by atoms with E-state index in [2.05, 4.69) is 5.32 Å². The van der Waals surface area contributed by atoms with E-state index in [-0.39, 0.29) is 29.8 Å². The van der Waals surface area contributed by atoms with Crippen LogP contribution in [0, 0.1) is 11.2 Å². The number of rotatable bonds is 5. The first-order valence-electron chi connectivity index (χ1n) is 10.5. The number of ether oxygens (including phenoxy) is 3. The SMILES string of the molecule is CC(CO)NC(=O)c1cc(F)c(N2CC(C)OC(C)C2)c(C2OCC(C)(C)CO2)c1. The van der Waals surface area contributed by atoms with Crippen LogP contribution in [0.25, 0.3) is 0 Å². The van der Waals surface area contributed by atoms with Crippen LogP contribution < -0.4 is 10.2 Å². The van der Waals surface area contributed by atoms with Crippen LogP contribution >= 0.6 is 0 Å². The molecule has 0 saturated carbocycles. The summed E-state index contributed by atoms with van der Waals surface area (Å²) in [7, 11) is 0. The molecular weight excluding hydrogens is 391 g/mol.